The van der Waals surface area contributed by atoms with E-state index in [4.69, 9.17) is 17.9 Å². The monoisotopic (exact) mass is 897 g/mol. The number of ether oxygens (including phenoxy) is 1. The Balaban J connectivity index is 1.06. The first-order valence-corrected chi connectivity index (χ1v) is 22.8. The van der Waals surface area contributed by atoms with Crippen LogP contribution in [0.15, 0.2) is 194 Å². The third-order valence-corrected chi connectivity index (χ3v) is 12.3. The number of rotatable bonds is 10. The topological polar surface area (TPSA) is 51.1 Å². The van der Waals surface area contributed by atoms with Gasteiger partial charge >= 0.3 is 0 Å². The van der Waals surface area contributed by atoms with Gasteiger partial charge in [0.15, 0.2) is 0 Å². The lowest BCUT2D eigenvalue weighted by atomic mass is 9.85. The highest BCUT2D eigenvalue weighted by Crippen LogP contribution is 2.43. The first kappa shape index (κ1) is 33.6. The second kappa shape index (κ2) is 17.7. The molecule has 0 saturated carbocycles. The summed E-state index contributed by atoms with van der Waals surface area (Å²) >= 11 is 0. The molecule has 0 unspecified atom stereocenters. The molecule has 0 saturated heterocycles. The molecule has 10 rings (SSSR count). The summed E-state index contributed by atoms with van der Waals surface area (Å²) in [6.07, 6.45) is 1.86. The Hall–Kier alpha value is -7.89. The molecule has 0 amide bonds. The van der Waals surface area contributed by atoms with Gasteiger partial charge in [0.05, 0.1) is 33.6 Å². The summed E-state index contributed by atoms with van der Waals surface area (Å²) in [5.41, 5.74) is 6.76. The van der Waals surface area contributed by atoms with Gasteiger partial charge in [0, 0.05) is 54.1 Å². The first-order chi connectivity index (χ1) is 36.9. The van der Waals surface area contributed by atoms with Crippen molar-refractivity contribution in [2.75, 3.05) is 10.6 Å². The fourth-order valence-corrected chi connectivity index (χ4v) is 8.66. The van der Waals surface area contributed by atoms with E-state index >= 15 is 0 Å². The average Bonchev–Trinajstić information content (AvgIpc) is 3.73. The molecule has 5 heteroatoms. The van der Waals surface area contributed by atoms with Gasteiger partial charge in [-0.05, 0) is 124 Å². The van der Waals surface area contributed by atoms with Crippen molar-refractivity contribution >= 4 is 44.6 Å². The molecule has 0 aliphatic rings. The molecule has 0 radical (unpaired) electrons. The van der Waals surface area contributed by atoms with Gasteiger partial charge in [-0.3, -0.25) is 4.57 Å². The highest BCUT2D eigenvalue weighted by Gasteiger charge is 2.20. The number of aromatic nitrogens is 2. The number of fused-ring (bicyclic) bond motifs is 3. The molecule has 10 aromatic rings. The van der Waals surface area contributed by atoms with Gasteiger partial charge < -0.3 is 15.4 Å². The minimum atomic E-state index is -2.68. The largest absolute Gasteiger partial charge is 0.457 e. The van der Waals surface area contributed by atoms with E-state index in [1.807, 2.05) is 99.8 Å². The number of nitrogens with zero attached hydrogens (tertiary/aromatic N) is 2. The zero-order chi connectivity index (χ0) is 55.6. The molecule has 0 atom stereocenters. The van der Waals surface area contributed by atoms with Gasteiger partial charge in [-0.2, -0.15) is 0 Å². The minimum Gasteiger partial charge on any atom is -0.457 e. The SMILES string of the molecule is [2H]c1c([2H])c(C(C)(C)C)c([2H])c([2H])c1-c1cccc(-c2ccc(-c3ccccc3C([2H])([2H])[2H])c(C([2H])([2H])[2H])c2)c1Nc1ccccc1Nc1cccc(Oc2ccc3c4ccccc4n(-c4cc(C(C)(C)C)ccn4)c3c2)c1. The Kier molecular flexibility index (Phi) is 8.75. The van der Waals surface area contributed by atoms with E-state index < -0.39 is 19.1 Å². The predicted molar refractivity (Wildman–Crippen MR) is 288 cm³/mol. The smallest absolute Gasteiger partial charge is 0.137 e. The number of aryl methyl sites for hydroxylation is 2. The van der Waals surface area contributed by atoms with Crippen molar-refractivity contribution < 1.29 is 18.4 Å². The van der Waals surface area contributed by atoms with Crippen LogP contribution in [0.2, 0.25) is 0 Å². The molecule has 8 aromatic carbocycles. The van der Waals surface area contributed by atoms with Crippen molar-refractivity contribution in [1.82, 2.24) is 9.55 Å². The molecule has 336 valence electrons. The van der Waals surface area contributed by atoms with Gasteiger partial charge in [0.2, 0.25) is 0 Å². The second-order valence-corrected chi connectivity index (χ2v) is 19.1. The van der Waals surface area contributed by atoms with Crippen LogP contribution >= 0.6 is 0 Å². The number of hydrogen-bond acceptors (Lipinski definition) is 4. The van der Waals surface area contributed by atoms with Gasteiger partial charge in [0.25, 0.3) is 0 Å². The summed E-state index contributed by atoms with van der Waals surface area (Å²) in [7, 11) is 0. The summed E-state index contributed by atoms with van der Waals surface area (Å²) in [5, 5.41) is 9.33. The van der Waals surface area contributed by atoms with Gasteiger partial charge in [-0.15, -0.1) is 0 Å². The van der Waals surface area contributed by atoms with Crippen molar-refractivity contribution in [1.29, 1.82) is 0 Å². The molecule has 2 aromatic heterocycles. The lowest BCUT2D eigenvalue weighted by molar-refractivity contribution is 0.483. The summed E-state index contributed by atoms with van der Waals surface area (Å²) in [5.74, 6) is 2.01. The lowest BCUT2D eigenvalue weighted by Crippen LogP contribution is -2.12. The molecule has 5 nitrogen and oxygen atoms in total. The molecule has 2 heterocycles. The Labute approximate surface area is 415 Å². The molecule has 68 heavy (non-hydrogen) atoms. The van der Waals surface area contributed by atoms with Crippen molar-refractivity contribution in [2.24, 2.45) is 0 Å². The van der Waals surface area contributed by atoms with Crippen LogP contribution in [-0.2, 0) is 10.8 Å². The molecular formula is C63H58N4O. The molecule has 0 bridgehead atoms. The van der Waals surface area contributed by atoms with Gasteiger partial charge in [-0.1, -0.05) is 163 Å². The summed E-state index contributed by atoms with van der Waals surface area (Å²) in [6, 6.07) is 49.4. The Morgan fingerprint density at radius 3 is 1.93 bits per heavy atom. The van der Waals surface area contributed by atoms with E-state index in [9.17, 15) is 5.48 Å². The number of benzene rings is 8. The summed E-state index contributed by atoms with van der Waals surface area (Å²) < 4.78 is 97.0. The fraction of sp³-hybridized carbons (Fsp3) is 0.159. The second-order valence-electron chi connectivity index (χ2n) is 19.1. The van der Waals surface area contributed by atoms with E-state index in [1.54, 1.807) is 48.5 Å². The van der Waals surface area contributed by atoms with E-state index in [-0.39, 0.29) is 63.0 Å². The molecular weight excluding hydrogens is 829 g/mol. The van der Waals surface area contributed by atoms with Crippen molar-refractivity contribution in [2.45, 2.75) is 66.1 Å². The Bertz CT molecular complexity index is 3930. The lowest BCUT2D eigenvalue weighted by Gasteiger charge is -2.22. The molecule has 0 aliphatic carbocycles. The number of pyridine rings is 1. The first-order valence-electron chi connectivity index (χ1n) is 27.8. The number of nitrogens with one attached hydrogen (secondary N) is 2. The summed E-state index contributed by atoms with van der Waals surface area (Å²) in [6.45, 7) is 6.93. The highest BCUT2D eigenvalue weighted by molar-refractivity contribution is 6.09. The van der Waals surface area contributed by atoms with Crippen molar-refractivity contribution in [3.05, 3.63) is 216 Å². The zero-order valence-electron chi connectivity index (χ0n) is 49.0. The number of hydrogen-bond donors (Lipinski definition) is 2. The quantitative estimate of drug-likeness (QED) is 0.144. The Morgan fingerprint density at radius 1 is 0.500 bits per heavy atom. The fourth-order valence-electron chi connectivity index (χ4n) is 8.66. The van der Waals surface area contributed by atoms with Crippen molar-refractivity contribution in [3.63, 3.8) is 0 Å². The van der Waals surface area contributed by atoms with E-state index in [0.717, 1.165) is 27.6 Å². The van der Waals surface area contributed by atoms with Crippen LogP contribution in [0.3, 0.4) is 0 Å². The maximum Gasteiger partial charge on any atom is 0.137 e. The van der Waals surface area contributed by atoms with Crippen molar-refractivity contribution in [3.8, 4) is 50.7 Å². The number of para-hydroxylation sites is 4. The van der Waals surface area contributed by atoms with Crippen LogP contribution in [0.5, 0.6) is 11.5 Å². The molecule has 0 aliphatic heterocycles. The maximum absolute atomic E-state index is 9.42. The number of anilines is 4. The predicted octanol–water partition coefficient (Wildman–Crippen LogP) is 17.7. The van der Waals surface area contributed by atoms with E-state index in [0.29, 0.717) is 50.9 Å². The van der Waals surface area contributed by atoms with E-state index in [2.05, 4.69) is 66.3 Å². The minimum absolute atomic E-state index is 0.0214. The average molecular weight is 897 g/mol. The third kappa shape index (κ3) is 8.76. The van der Waals surface area contributed by atoms with Crippen LogP contribution in [-0.4, -0.2) is 9.55 Å². The van der Waals surface area contributed by atoms with Gasteiger partial charge in [-0.25, -0.2) is 4.98 Å². The highest BCUT2D eigenvalue weighted by atomic mass is 16.5. The molecule has 0 spiro atoms. The van der Waals surface area contributed by atoms with Crippen LogP contribution in [0.25, 0.3) is 61.0 Å². The van der Waals surface area contributed by atoms with Crippen LogP contribution in [0, 0.1) is 13.7 Å². The maximum atomic E-state index is 9.42. The standard InChI is InChI=1S/C63H58N4O/c1-41-17-9-10-20-50(41)51-33-29-44(37-42(51)2)53-23-16-22-52(43-27-30-45(31-28-43)62(3,4)5)61(53)66-57-25-13-12-24-56(57)65-47-18-15-19-48(39-47)68-49-32-34-55-54-21-11-14-26-58(54)67(59(55)40-49)60-38-46(35-36-64-60)63(6,7)8/h9-40,65-66H,1-8H3/i1D3,2D3,27D,28D,30D,31D. The van der Waals surface area contributed by atoms with Crippen LogP contribution in [0.4, 0.5) is 22.7 Å². The normalized spacial score (nSPS) is 14.3. The zero-order valence-corrected chi connectivity index (χ0v) is 39.0. The van der Waals surface area contributed by atoms with Crippen LogP contribution < -0.4 is 15.4 Å². The summed E-state index contributed by atoms with van der Waals surface area (Å²) in [4.78, 5) is 4.84. The third-order valence-electron chi connectivity index (χ3n) is 12.3. The van der Waals surface area contributed by atoms with Gasteiger partial charge in [0.1, 0.15) is 17.3 Å². The molecule has 2 N–H and O–H groups in total. The van der Waals surface area contributed by atoms with E-state index in [1.165, 1.54) is 17.7 Å². The molecule has 0 fully saturated rings. The Morgan fingerprint density at radius 2 is 1.15 bits per heavy atom. The van der Waals surface area contributed by atoms with Crippen LogP contribution in [0.1, 0.15) is 77.5 Å².